The summed E-state index contributed by atoms with van der Waals surface area (Å²) in [6.45, 7) is -0.739. The Morgan fingerprint density at radius 1 is 0.826 bits per heavy atom. The van der Waals surface area contributed by atoms with Crippen molar-refractivity contribution >= 4 is 63.8 Å². The highest BCUT2D eigenvalue weighted by molar-refractivity contribution is 8.00. The molecule has 1 saturated heterocycles. The fourth-order valence-corrected chi connectivity index (χ4v) is 8.50. The van der Waals surface area contributed by atoms with Crippen molar-refractivity contribution in [3.63, 3.8) is 0 Å². The molecule has 7 nitrogen and oxygen atoms in total. The molecular weight excluding hydrogens is 680 g/mol. The lowest BCUT2D eigenvalue weighted by atomic mass is 9.83. The Bertz CT molecular complexity index is 1940. The van der Waals surface area contributed by atoms with Gasteiger partial charge in [-0.2, -0.15) is 26.3 Å². The Morgan fingerprint density at radius 2 is 1.43 bits per heavy atom. The van der Waals surface area contributed by atoms with Crippen molar-refractivity contribution in [2.75, 3.05) is 10.2 Å². The smallest absolute Gasteiger partial charge is 0.324 e. The average molecular weight is 698 g/mol. The van der Waals surface area contributed by atoms with Gasteiger partial charge < -0.3 is 5.32 Å². The molecule has 1 aromatic heterocycles. The topological polar surface area (TPSA) is 88.5 Å². The second-order valence-corrected chi connectivity index (χ2v) is 12.9. The number of nitrogens with one attached hydrogen (secondary N) is 1. The van der Waals surface area contributed by atoms with Gasteiger partial charge in [-0.05, 0) is 42.0 Å². The van der Waals surface area contributed by atoms with Crippen LogP contribution in [0.3, 0.4) is 0 Å². The van der Waals surface area contributed by atoms with Gasteiger partial charge >= 0.3 is 17.2 Å². The van der Waals surface area contributed by atoms with Crippen LogP contribution in [0.2, 0.25) is 5.02 Å². The number of amides is 3. The van der Waals surface area contributed by atoms with Crippen molar-refractivity contribution in [2.24, 2.45) is 5.92 Å². The van der Waals surface area contributed by atoms with Crippen molar-refractivity contribution in [3.05, 3.63) is 109 Å². The largest absolute Gasteiger partial charge is 0.418 e. The molecule has 0 spiro atoms. The second kappa shape index (κ2) is 11.6. The highest BCUT2D eigenvalue weighted by Crippen LogP contribution is 2.54. The number of carbonyl (C=O) groups is 3. The molecule has 3 atom stereocenters. The summed E-state index contributed by atoms with van der Waals surface area (Å²) in [5.74, 6) is -5.05. The molecule has 2 aliphatic rings. The summed E-state index contributed by atoms with van der Waals surface area (Å²) in [6.07, 6.45) is -9.66. The van der Waals surface area contributed by atoms with Crippen LogP contribution < -0.4 is 15.1 Å². The minimum Gasteiger partial charge on any atom is -0.324 e. The molecule has 6 rings (SSSR count). The van der Waals surface area contributed by atoms with Crippen LogP contribution in [-0.4, -0.2) is 27.5 Å². The number of imide groups is 1. The Morgan fingerprint density at radius 3 is 2.09 bits per heavy atom. The van der Waals surface area contributed by atoms with E-state index in [9.17, 15) is 45.5 Å². The zero-order valence-electron chi connectivity index (χ0n) is 22.9. The number of thiazole rings is 1. The lowest BCUT2D eigenvalue weighted by molar-refractivity contribution is -0.138. The number of anilines is 2. The number of alkyl halides is 6. The van der Waals surface area contributed by atoms with Gasteiger partial charge in [0.25, 0.3) is 0 Å². The molecule has 0 radical (unpaired) electrons. The van der Waals surface area contributed by atoms with E-state index in [0.29, 0.717) is 26.8 Å². The second-order valence-electron chi connectivity index (χ2n) is 10.3. The number of thioether (sulfide) groups is 1. The van der Waals surface area contributed by atoms with Crippen LogP contribution in [0.25, 0.3) is 0 Å². The quantitative estimate of drug-likeness (QED) is 0.179. The van der Waals surface area contributed by atoms with E-state index in [4.69, 9.17) is 11.6 Å². The van der Waals surface area contributed by atoms with Crippen LogP contribution in [0.4, 0.5) is 37.7 Å². The number of para-hydroxylation sites is 2. The van der Waals surface area contributed by atoms with Crippen LogP contribution in [0.5, 0.6) is 0 Å². The van der Waals surface area contributed by atoms with Gasteiger partial charge in [-0.3, -0.25) is 23.7 Å². The number of aromatic nitrogens is 1. The fraction of sp³-hybridized carbons (Fsp3) is 0.200. The molecule has 4 aromatic rings. The molecule has 3 aromatic carbocycles. The Balaban J connectivity index is 1.42. The standard InChI is InChI=1S/C30H18ClF6N3O4S2/c31-15-11-9-14(10-12-15)21-22-23(26(43)40(25(22)42)19-8-4-2-6-17(19)30(35,36)37)45-27-24(21)46-28(44)39(27)13-20(41)38-18-7-3-1-5-16(18)29(32,33)34/h1-12,21-23H,13H2,(H,38,41)/t21-,22-,23+/m0/s1. The van der Waals surface area contributed by atoms with Crippen LogP contribution in [0, 0.1) is 5.92 Å². The van der Waals surface area contributed by atoms with E-state index in [1.807, 2.05) is 0 Å². The van der Waals surface area contributed by atoms with E-state index < -0.39 is 81.1 Å². The molecule has 1 N–H and O–H groups in total. The van der Waals surface area contributed by atoms with E-state index in [2.05, 4.69) is 5.32 Å². The Labute approximate surface area is 268 Å². The molecule has 16 heteroatoms. The molecule has 238 valence electrons. The van der Waals surface area contributed by atoms with Gasteiger partial charge in [0.2, 0.25) is 17.7 Å². The predicted molar refractivity (Wildman–Crippen MR) is 159 cm³/mol. The van der Waals surface area contributed by atoms with Crippen molar-refractivity contribution < 1.29 is 40.7 Å². The Kier molecular flexibility index (Phi) is 8.05. The lowest BCUT2D eigenvalue weighted by Gasteiger charge is -2.30. The van der Waals surface area contributed by atoms with E-state index in [1.165, 1.54) is 24.3 Å². The summed E-state index contributed by atoms with van der Waals surface area (Å²) in [5.41, 5.74) is -3.02. The highest BCUT2D eigenvalue weighted by Gasteiger charge is 2.57. The van der Waals surface area contributed by atoms with Crippen LogP contribution in [0.15, 0.2) is 82.6 Å². The number of halogens is 7. The number of rotatable bonds is 5. The third-order valence-electron chi connectivity index (χ3n) is 7.54. The predicted octanol–water partition coefficient (Wildman–Crippen LogP) is 7.04. The van der Waals surface area contributed by atoms with E-state index in [0.717, 1.165) is 52.7 Å². The third-order valence-corrected chi connectivity index (χ3v) is 10.4. The van der Waals surface area contributed by atoms with Gasteiger partial charge in [0, 0.05) is 15.8 Å². The van der Waals surface area contributed by atoms with E-state index in [1.54, 1.807) is 12.1 Å². The van der Waals surface area contributed by atoms with E-state index >= 15 is 0 Å². The van der Waals surface area contributed by atoms with Crippen LogP contribution >= 0.6 is 34.7 Å². The molecule has 0 saturated carbocycles. The van der Waals surface area contributed by atoms with E-state index in [-0.39, 0.29) is 9.90 Å². The summed E-state index contributed by atoms with van der Waals surface area (Å²) < 4.78 is 83.3. The number of hydrogen-bond donors (Lipinski definition) is 1. The van der Waals surface area contributed by atoms with Crippen molar-refractivity contribution in [2.45, 2.75) is 35.1 Å². The lowest BCUT2D eigenvalue weighted by Crippen LogP contribution is -2.33. The van der Waals surface area contributed by atoms with Gasteiger partial charge in [-0.1, -0.05) is 71.1 Å². The monoisotopic (exact) mass is 697 g/mol. The Hall–Kier alpha value is -4.08. The maximum Gasteiger partial charge on any atom is 0.418 e. The minimum atomic E-state index is -4.88. The number of fused-ring (bicyclic) bond motifs is 2. The number of benzene rings is 3. The molecule has 0 unspecified atom stereocenters. The first-order valence-electron chi connectivity index (χ1n) is 13.3. The SMILES string of the molecule is O=C(Cn1c2c(sc1=O)[C@@H](c1ccc(Cl)cc1)[C@@H]1C(=O)N(c3ccccc3C(F)(F)F)C(=O)[C@@H]1S2)Nc1ccccc1C(F)(F)F. The number of carbonyl (C=O) groups excluding carboxylic acids is 3. The van der Waals surface area contributed by atoms with Gasteiger partial charge in [-0.25, -0.2) is 4.90 Å². The number of hydrogen-bond acceptors (Lipinski definition) is 6. The van der Waals surface area contributed by atoms with Crippen molar-refractivity contribution in [1.82, 2.24) is 4.57 Å². The molecule has 3 heterocycles. The zero-order valence-corrected chi connectivity index (χ0v) is 25.2. The molecule has 0 bridgehead atoms. The van der Waals surface area contributed by atoms with Crippen molar-refractivity contribution in [3.8, 4) is 0 Å². The maximum atomic E-state index is 13.9. The average Bonchev–Trinajstić information content (AvgIpc) is 3.43. The molecule has 0 aliphatic carbocycles. The van der Waals surface area contributed by atoms with Crippen LogP contribution in [0.1, 0.15) is 27.5 Å². The van der Waals surface area contributed by atoms with Gasteiger partial charge in [0.05, 0.1) is 33.4 Å². The first kappa shape index (κ1) is 31.9. The normalized spacial score (nSPS) is 19.6. The van der Waals surface area contributed by atoms with Gasteiger partial charge in [-0.15, -0.1) is 0 Å². The zero-order chi connectivity index (χ0) is 33.1. The molecule has 46 heavy (non-hydrogen) atoms. The van der Waals surface area contributed by atoms with Gasteiger partial charge in [0.15, 0.2) is 0 Å². The van der Waals surface area contributed by atoms with Gasteiger partial charge in [0.1, 0.15) is 11.8 Å². The molecule has 1 fully saturated rings. The first-order valence-corrected chi connectivity index (χ1v) is 15.4. The summed E-state index contributed by atoms with van der Waals surface area (Å²) >= 11 is 7.48. The summed E-state index contributed by atoms with van der Waals surface area (Å²) in [5, 5.41) is 1.32. The first-order chi connectivity index (χ1) is 21.7. The fourth-order valence-electron chi connectivity index (χ4n) is 5.60. The summed E-state index contributed by atoms with van der Waals surface area (Å²) in [6, 6.07) is 14.6. The van der Waals surface area contributed by atoms with Crippen LogP contribution in [-0.2, 0) is 33.3 Å². The number of nitrogens with zero attached hydrogens (tertiary/aromatic N) is 2. The maximum absolute atomic E-state index is 13.9. The minimum absolute atomic E-state index is 0.0996. The van der Waals surface area contributed by atoms with Crippen molar-refractivity contribution in [1.29, 1.82) is 0 Å². The summed E-state index contributed by atoms with van der Waals surface area (Å²) in [4.78, 5) is 54.1. The highest BCUT2D eigenvalue weighted by atomic mass is 35.5. The third kappa shape index (κ3) is 5.60. The molecule has 3 amide bonds. The molecular formula is C30H18ClF6N3O4S2. The molecule has 2 aliphatic heterocycles. The summed E-state index contributed by atoms with van der Waals surface area (Å²) in [7, 11) is 0.